The van der Waals surface area contributed by atoms with Crippen LogP contribution in [0.15, 0.2) is 18.2 Å². The predicted molar refractivity (Wildman–Crippen MR) is 58.2 cm³/mol. The maximum Gasteiger partial charge on any atom is 0.235 e. The lowest BCUT2D eigenvalue weighted by molar-refractivity contribution is -0.118. The number of rotatable bonds is 3. The van der Waals surface area contributed by atoms with E-state index in [0.29, 0.717) is 6.54 Å². The highest BCUT2D eigenvalue weighted by Gasteiger charge is 2.15. The number of carbonyl (C=O) groups excluding carboxylic acids is 1. The Kier molecular flexibility index (Phi) is 3.11. The molecule has 0 spiro atoms. The van der Waals surface area contributed by atoms with Gasteiger partial charge in [0.15, 0.2) is 0 Å². The number of halogens is 1. The van der Waals surface area contributed by atoms with Gasteiger partial charge in [0.1, 0.15) is 11.6 Å². The molecule has 0 radical (unpaired) electrons. The monoisotopic (exact) mass is 225 g/mol. The van der Waals surface area contributed by atoms with E-state index in [0.717, 1.165) is 24.3 Å². The number of benzene rings is 1. The number of nitrogens with one attached hydrogen (secondary N) is 1. The van der Waals surface area contributed by atoms with Crippen molar-refractivity contribution >= 4 is 17.5 Å². The van der Waals surface area contributed by atoms with E-state index < -0.39 is 0 Å². The third kappa shape index (κ3) is 2.23. The summed E-state index contributed by atoms with van der Waals surface area (Å²) in [6.45, 7) is 1.21. The number of ether oxygens (including phenoxy) is 1. The lowest BCUT2D eigenvalue weighted by Crippen LogP contribution is -2.23. The van der Waals surface area contributed by atoms with Crippen LogP contribution in [0.5, 0.6) is 5.75 Å². The summed E-state index contributed by atoms with van der Waals surface area (Å²) in [7, 11) is 0. The fraction of sp³-hybridized carbons (Fsp3) is 0.364. The van der Waals surface area contributed by atoms with Crippen LogP contribution < -0.4 is 10.1 Å². The number of amides is 1. The second kappa shape index (κ2) is 4.53. The van der Waals surface area contributed by atoms with Crippen molar-refractivity contribution in [3.05, 3.63) is 29.3 Å². The average Bonchev–Trinajstić information content (AvgIpc) is 2.74. The Morgan fingerprint density at radius 1 is 1.53 bits per heavy atom. The Morgan fingerprint density at radius 3 is 3.20 bits per heavy atom. The predicted octanol–water partition coefficient (Wildman–Crippen LogP) is 1.48. The number of fused-ring (bicyclic) bond motifs is 1. The Hall–Kier alpha value is -1.22. The molecule has 0 aliphatic carbocycles. The SMILES string of the molecule is O=C(CCl)NCc1cccc2c1OCC2. The summed E-state index contributed by atoms with van der Waals surface area (Å²) in [5.41, 5.74) is 2.23. The molecule has 0 saturated carbocycles. The molecule has 4 heteroatoms. The van der Waals surface area contributed by atoms with Crippen LogP contribution in [-0.2, 0) is 17.8 Å². The molecule has 0 saturated heterocycles. The molecule has 1 heterocycles. The molecule has 3 nitrogen and oxygen atoms in total. The molecule has 1 aliphatic rings. The van der Waals surface area contributed by atoms with Gasteiger partial charge in [-0.2, -0.15) is 0 Å². The van der Waals surface area contributed by atoms with E-state index in [1.165, 1.54) is 5.56 Å². The van der Waals surface area contributed by atoms with Crippen LogP contribution in [-0.4, -0.2) is 18.4 Å². The maximum absolute atomic E-state index is 11.0. The quantitative estimate of drug-likeness (QED) is 0.792. The van der Waals surface area contributed by atoms with Crippen LogP contribution in [0.2, 0.25) is 0 Å². The standard InChI is InChI=1S/C11H12ClNO2/c12-6-10(14)13-7-9-3-1-2-8-4-5-15-11(8)9/h1-3H,4-7H2,(H,13,14). The molecular formula is C11H12ClNO2. The van der Waals surface area contributed by atoms with Crippen LogP contribution in [0.3, 0.4) is 0 Å². The number of hydrogen-bond donors (Lipinski definition) is 1. The van der Waals surface area contributed by atoms with Gasteiger partial charge in [0.25, 0.3) is 0 Å². The van der Waals surface area contributed by atoms with Crippen LogP contribution >= 0.6 is 11.6 Å². The van der Waals surface area contributed by atoms with Crippen molar-refractivity contribution in [2.75, 3.05) is 12.5 Å². The molecule has 15 heavy (non-hydrogen) atoms. The molecule has 0 atom stereocenters. The Morgan fingerprint density at radius 2 is 2.40 bits per heavy atom. The fourth-order valence-electron chi connectivity index (χ4n) is 1.66. The Labute approximate surface area is 93.4 Å². The third-order valence-corrected chi connectivity index (χ3v) is 2.64. The van der Waals surface area contributed by atoms with E-state index in [1.807, 2.05) is 12.1 Å². The van der Waals surface area contributed by atoms with E-state index >= 15 is 0 Å². The summed E-state index contributed by atoms with van der Waals surface area (Å²) in [5, 5.41) is 2.73. The minimum absolute atomic E-state index is 0.00409. The molecule has 2 rings (SSSR count). The number of para-hydroxylation sites is 1. The van der Waals surface area contributed by atoms with Gasteiger partial charge in [-0.05, 0) is 5.56 Å². The van der Waals surface area contributed by atoms with Gasteiger partial charge in [0, 0.05) is 18.5 Å². The zero-order valence-corrected chi connectivity index (χ0v) is 9.01. The first-order valence-electron chi connectivity index (χ1n) is 4.87. The minimum Gasteiger partial charge on any atom is -0.493 e. The molecule has 1 aliphatic heterocycles. The van der Waals surface area contributed by atoms with E-state index in [2.05, 4.69) is 11.4 Å². The summed E-state index contributed by atoms with van der Waals surface area (Å²) >= 11 is 5.39. The van der Waals surface area contributed by atoms with Crippen molar-refractivity contribution < 1.29 is 9.53 Å². The molecule has 1 amide bonds. The van der Waals surface area contributed by atoms with Gasteiger partial charge >= 0.3 is 0 Å². The highest BCUT2D eigenvalue weighted by atomic mass is 35.5. The highest BCUT2D eigenvalue weighted by Crippen LogP contribution is 2.29. The van der Waals surface area contributed by atoms with E-state index in [9.17, 15) is 4.79 Å². The zero-order chi connectivity index (χ0) is 10.7. The van der Waals surface area contributed by atoms with Gasteiger partial charge in [-0.1, -0.05) is 18.2 Å². The highest BCUT2D eigenvalue weighted by molar-refractivity contribution is 6.27. The van der Waals surface area contributed by atoms with Gasteiger partial charge < -0.3 is 10.1 Å². The molecule has 1 aromatic rings. The summed E-state index contributed by atoms with van der Waals surface area (Å²) in [5.74, 6) is 0.759. The average molecular weight is 226 g/mol. The lowest BCUT2D eigenvalue weighted by atomic mass is 10.1. The number of alkyl halides is 1. The summed E-state index contributed by atoms with van der Waals surface area (Å²) in [6.07, 6.45) is 0.951. The Bertz CT molecular complexity index is 379. The van der Waals surface area contributed by atoms with Crippen molar-refractivity contribution in [2.45, 2.75) is 13.0 Å². The first-order chi connectivity index (χ1) is 7.31. The van der Waals surface area contributed by atoms with Crippen molar-refractivity contribution in [1.82, 2.24) is 5.32 Å². The largest absolute Gasteiger partial charge is 0.493 e. The maximum atomic E-state index is 11.0. The van der Waals surface area contributed by atoms with Gasteiger partial charge in [-0.3, -0.25) is 4.79 Å². The summed E-state index contributed by atoms with van der Waals surface area (Å²) in [6, 6.07) is 5.99. The minimum atomic E-state index is -0.160. The summed E-state index contributed by atoms with van der Waals surface area (Å²) in [4.78, 5) is 11.0. The molecule has 80 valence electrons. The van der Waals surface area contributed by atoms with Gasteiger partial charge in [0.05, 0.1) is 6.61 Å². The van der Waals surface area contributed by atoms with Crippen LogP contribution in [0.4, 0.5) is 0 Å². The van der Waals surface area contributed by atoms with Gasteiger partial charge in [0.2, 0.25) is 5.91 Å². The molecular weight excluding hydrogens is 214 g/mol. The third-order valence-electron chi connectivity index (χ3n) is 2.39. The topological polar surface area (TPSA) is 38.3 Å². The van der Waals surface area contributed by atoms with Gasteiger partial charge in [-0.15, -0.1) is 11.6 Å². The van der Waals surface area contributed by atoms with Crippen molar-refractivity contribution in [1.29, 1.82) is 0 Å². The number of hydrogen-bond acceptors (Lipinski definition) is 2. The van der Waals surface area contributed by atoms with Crippen molar-refractivity contribution in [3.8, 4) is 5.75 Å². The normalized spacial score (nSPS) is 13.1. The molecule has 0 unspecified atom stereocenters. The zero-order valence-electron chi connectivity index (χ0n) is 8.25. The first-order valence-corrected chi connectivity index (χ1v) is 5.41. The molecule has 0 bridgehead atoms. The van der Waals surface area contributed by atoms with Crippen molar-refractivity contribution in [3.63, 3.8) is 0 Å². The van der Waals surface area contributed by atoms with Gasteiger partial charge in [-0.25, -0.2) is 0 Å². The van der Waals surface area contributed by atoms with Crippen LogP contribution in [0, 0.1) is 0 Å². The smallest absolute Gasteiger partial charge is 0.235 e. The number of carbonyl (C=O) groups is 1. The second-order valence-electron chi connectivity index (χ2n) is 3.41. The van der Waals surface area contributed by atoms with E-state index in [4.69, 9.17) is 16.3 Å². The fourth-order valence-corrected chi connectivity index (χ4v) is 1.76. The second-order valence-corrected chi connectivity index (χ2v) is 3.68. The van der Waals surface area contributed by atoms with E-state index in [1.54, 1.807) is 0 Å². The molecule has 0 fully saturated rings. The molecule has 1 aromatic carbocycles. The first kappa shape index (κ1) is 10.3. The van der Waals surface area contributed by atoms with Crippen LogP contribution in [0.1, 0.15) is 11.1 Å². The Balaban J connectivity index is 2.09. The summed E-state index contributed by atoms with van der Waals surface area (Å²) < 4.78 is 5.51. The molecule has 1 N–H and O–H groups in total. The molecule has 0 aromatic heterocycles. The lowest BCUT2D eigenvalue weighted by Gasteiger charge is -2.08. The van der Waals surface area contributed by atoms with Crippen molar-refractivity contribution in [2.24, 2.45) is 0 Å². The van der Waals surface area contributed by atoms with E-state index in [-0.39, 0.29) is 11.8 Å². The van der Waals surface area contributed by atoms with Crippen LogP contribution in [0.25, 0.3) is 0 Å².